The maximum absolute atomic E-state index is 13.6. The average molecular weight is 373 g/mol. The number of ether oxygens (including phenoxy) is 2. The summed E-state index contributed by atoms with van der Waals surface area (Å²) in [5.74, 6) is -0.856. The standard InChI is InChI=1S/C19H20FN3O4/c20-15-5-1-2-6-17(15)26-12-18(24)23-9-3-4-14(11-23)27-13-7-8-22-16(10-13)19(21)25/h1-2,5-8,10,14H,3-4,9,11-12H2,(H2,21,25). The fourth-order valence-corrected chi connectivity index (χ4v) is 2.87. The van der Waals surface area contributed by atoms with Crippen LogP contribution in [0.3, 0.4) is 0 Å². The molecule has 2 amide bonds. The summed E-state index contributed by atoms with van der Waals surface area (Å²) in [4.78, 5) is 29.1. The lowest BCUT2D eigenvalue weighted by atomic mass is 10.1. The van der Waals surface area contributed by atoms with Crippen molar-refractivity contribution in [1.82, 2.24) is 9.88 Å². The summed E-state index contributed by atoms with van der Waals surface area (Å²) >= 11 is 0. The molecule has 1 aliphatic rings. The molecule has 0 radical (unpaired) electrons. The lowest BCUT2D eigenvalue weighted by Gasteiger charge is -2.32. The van der Waals surface area contributed by atoms with Crippen LogP contribution < -0.4 is 15.2 Å². The molecule has 2 aromatic rings. The Bertz CT molecular complexity index is 830. The smallest absolute Gasteiger partial charge is 0.267 e. The van der Waals surface area contributed by atoms with Crippen molar-refractivity contribution >= 4 is 11.8 Å². The number of hydrogen-bond acceptors (Lipinski definition) is 5. The second-order valence-corrected chi connectivity index (χ2v) is 6.18. The maximum atomic E-state index is 13.6. The highest BCUT2D eigenvalue weighted by atomic mass is 19.1. The lowest BCUT2D eigenvalue weighted by Crippen LogP contribution is -2.46. The number of amides is 2. The Balaban J connectivity index is 1.55. The Morgan fingerprint density at radius 2 is 2.11 bits per heavy atom. The summed E-state index contributed by atoms with van der Waals surface area (Å²) in [5.41, 5.74) is 5.34. The van der Waals surface area contributed by atoms with E-state index in [-0.39, 0.29) is 30.1 Å². The molecule has 1 saturated heterocycles. The van der Waals surface area contributed by atoms with Crippen LogP contribution in [-0.2, 0) is 4.79 Å². The average Bonchev–Trinajstić information content (AvgIpc) is 2.67. The molecular weight excluding hydrogens is 353 g/mol. The van der Waals surface area contributed by atoms with Gasteiger partial charge in [-0.25, -0.2) is 4.39 Å². The van der Waals surface area contributed by atoms with Gasteiger partial charge in [0.2, 0.25) is 0 Å². The number of likely N-dealkylation sites (tertiary alicyclic amines) is 1. The van der Waals surface area contributed by atoms with E-state index in [1.807, 2.05) is 0 Å². The van der Waals surface area contributed by atoms with Crippen LogP contribution in [0.1, 0.15) is 23.3 Å². The van der Waals surface area contributed by atoms with E-state index in [9.17, 15) is 14.0 Å². The predicted octanol–water partition coefficient (Wildman–Crippen LogP) is 1.77. The monoisotopic (exact) mass is 373 g/mol. The lowest BCUT2D eigenvalue weighted by molar-refractivity contribution is -0.136. The molecule has 1 atom stereocenters. The molecule has 0 bridgehead atoms. The summed E-state index contributed by atoms with van der Waals surface area (Å²) in [6.07, 6.45) is 2.76. The number of piperidine rings is 1. The molecule has 1 aromatic carbocycles. The normalized spacial score (nSPS) is 16.6. The molecule has 1 aromatic heterocycles. The summed E-state index contributed by atoms with van der Waals surface area (Å²) in [5, 5.41) is 0. The van der Waals surface area contributed by atoms with Crippen LogP contribution in [0.4, 0.5) is 4.39 Å². The maximum Gasteiger partial charge on any atom is 0.267 e. The number of hydrogen-bond donors (Lipinski definition) is 1. The van der Waals surface area contributed by atoms with Gasteiger partial charge in [-0.1, -0.05) is 12.1 Å². The van der Waals surface area contributed by atoms with Crippen LogP contribution in [0, 0.1) is 5.82 Å². The van der Waals surface area contributed by atoms with Crippen molar-refractivity contribution in [3.8, 4) is 11.5 Å². The summed E-state index contributed by atoms with van der Waals surface area (Å²) < 4.78 is 24.7. The molecule has 2 N–H and O–H groups in total. The SMILES string of the molecule is NC(=O)c1cc(OC2CCCN(C(=O)COc3ccccc3F)C2)ccn1. The van der Waals surface area contributed by atoms with Gasteiger partial charge in [0.15, 0.2) is 18.2 Å². The second kappa shape index (κ2) is 8.48. The van der Waals surface area contributed by atoms with E-state index in [0.29, 0.717) is 18.8 Å². The van der Waals surface area contributed by atoms with Crippen LogP contribution >= 0.6 is 0 Å². The molecule has 3 rings (SSSR count). The quantitative estimate of drug-likeness (QED) is 0.833. The molecular formula is C19H20FN3O4. The number of pyridine rings is 1. The Hall–Kier alpha value is -3.16. The van der Waals surface area contributed by atoms with Gasteiger partial charge in [0.1, 0.15) is 17.5 Å². The number of nitrogens with two attached hydrogens (primary N) is 1. The molecule has 7 nitrogen and oxygen atoms in total. The van der Waals surface area contributed by atoms with Gasteiger partial charge in [-0.2, -0.15) is 0 Å². The zero-order valence-electron chi connectivity index (χ0n) is 14.6. The number of benzene rings is 1. The first-order chi connectivity index (χ1) is 13.0. The van der Waals surface area contributed by atoms with Gasteiger partial charge < -0.3 is 20.1 Å². The third-order valence-corrected chi connectivity index (χ3v) is 4.21. The Morgan fingerprint density at radius 3 is 2.89 bits per heavy atom. The molecule has 27 heavy (non-hydrogen) atoms. The van der Waals surface area contributed by atoms with Gasteiger partial charge in [0, 0.05) is 18.8 Å². The molecule has 1 aliphatic heterocycles. The van der Waals surface area contributed by atoms with Gasteiger partial charge in [-0.3, -0.25) is 14.6 Å². The molecule has 0 spiro atoms. The summed E-state index contributed by atoms with van der Waals surface area (Å²) in [6.45, 7) is 0.727. The number of aromatic nitrogens is 1. The van der Waals surface area contributed by atoms with Crippen molar-refractivity contribution in [2.24, 2.45) is 5.73 Å². The molecule has 1 fully saturated rings. The summed E-state index contributed by atoms with van der Waals surface area (Å²) in [7, 11) is 0. The van der Waals surface area contributed by atoms with Crippen LogP contribution in [0.2, 0.25) is 0 Å². The van der Waals surface area contributed by atoms with Crippen LogP contribution in [0.15, 0.2) is 42.6 Å². The van der Waals surface area contributed by atoms with E-state index >= 15 is 0 Å². The second-order valence-electron chi connectivity index (χ2n) is 6.18. The van der Waals surface area contributed by atoms with Gasteiger partial charge in [-0.15, -0.1) is 0 Å². The Morgan fingerprint density at radius 1 is 1.30 bits per heavy atom. The Labute approximate surface area is 155 Å². The highest BCUT2D eigenvalue weighted by molar-refractivity contribution is 5.91. The van der Waals surface area contributed by atoms with E-state index in [1.54, 1.807) is 23.1 Å². The molecule has 8 heteroatoms. The van der Waals surface area contributed by atoms with Gasteiger partial charge in [0.05, 0.1) is 6.54 Å². The van der Waals surface area contributed by atoms with E-state index in [1.165, 1.54) is 24.4 Å². The number of para-hydroxylation sites is 1. The molecule has 1 unspecified atom stereocenters. The largest absolute Gasteiger partial charge is 0.488 e. The number of carbonyl (C=O) groups is 2. The van der Waals surface area contributed by atoms with Crippen molar-refractivity contribution in [3.63, 3.8) is 0 Å². The van der Waals surface area contributed by atoms with Crippen molar-refractivity contribution in [3.05, 3.63) is 54.1 Å². The minimum Gasteiger partial charge on any atom is -0.488 e. The van der Waals surface area contributed by atoms with E-state index in [2.05, 4.69) is 4.98 Å². The van der Waals surface area contributed by atoms with Crippen LogP contribution in [-0.4, -0.2) is 47.5 Å². The van der Waals surface area contributed by atoms with Gasteiger partial charge in [0.25, 0.3) is 11.8 Å². The van der Waals surface area contributed by atoms with Crippen LogP contribution in [0.5, 0.6) is 11.5 Å². The molecule has 0 aliphatic carbocycles. The fourth-order valence-electron chi connectivity index (χ4n) is 2.87. The van der Waals surface area contributed by atoms with Crippen molar-refractivity contribution < 1.29 is 23.5 Å². The van der Waals surface area contributed by atoms with Crippen molar-refractivity contribution in [2.75, 3.05) is 19.7 Å². The number of carbonyl (C=O) groups excluding carboxylic acids is 2. The third kappa shape index (κ3) is 4.93. The fraction of sp³-hybridized carbons (Fsp3) is 0.316. The highest BCUT2D eigenvalue weighted by Gasteiger charge is 2.25. The minimum absolute atomic E-state index is 0.0476. The van der Waals surface area contributed by atoms with Crippen molar-refractivity contribution in [2.45, 2.75) is 18.9 Å². The molecule has 2 heterocycles. The zero-order valence-corrected chi connectivity index (χ0v) is 14.6. The van der Waals surface area contributed by atoms with Gasteiger partial charge >= 0.3 is 0 Å². The van der Waals surface area contributed by atoms with Gasteiger partial charge in [-0.05, 0) is 31.0 Å². The van der Waals surface area contributed by atoms with E-state index in [4.69, 9.17) is 15.2 Å². The third-order valence-electron chi connectivity index (χ3n) is 4.21. The highest BCUT2D eigenvalue weighted by Crippen LogP contribution is 2.20. The Kier molecular flexibility index (Phi) is 5.85. The zero-order chi connectivity index (χ0) is 19.2. The molecule has 142 valence electrons. The minimum atomic E-state index is -0.633. The predicted molar refractivity (Wildman–Crippen MR) is 94.9 cm³/mol. The molecule has 0 saturated carbocycles. The number of rotatable bonds is 6. The first-order valence-electron chi connectivity index (χ1n) is 8.60. The van der Waals surface area contributed by atoms with E-state index < -0.39 is 11.7 Å². The first kappa shape index (κ1) is 18.6. The topological polar surface area (TPSA) is 94.8 Å². The number of halogens is 1. The summed E-state index contributed by atoms with van der Waals surface area (Å²) in [6, 6.07) is 9.06. The van der Waals surface area contributed by atoms with E-state index in [0.717, 1.165) is 12.8 Å². The van der Waals surface area contributed by atoms with Crippen LogP contribution in [0.25, 0.3) is 0 Å². The van der Waals surface area contributed by atoms with Crippen molar-refractivity contribution in [1.29, 1.82) is 0 Å². The first-order valence-corrected chi connectivity index (χ1v) is 8.60. The number of primary amides is 1. The number of nitrogens with zero attached hydrogens (tertiary/aromatic N) is 2.